The predicted molar refractivity (Wildman–Crippen MR) is 335 cm³/mol. The molecule has 0 atom stereocenters. The van der Waals surface area contributed by atoms with Crippen molar-refractivity contribution < 1.29 is 62.2 Å². The molecular weight excluding hydrogens is 1240 g/mol. The number of hydrogen-bond acceptors (Lipinski definition) is 12. The van der Waals surface area contributed by atoms with Crippen molar-refractivity contribution in [1.29, 1.82) is 10.5 Å². The molecule has 0 bridgehead atoms. The van der Waals surface area contributed by atoms with E-state index in [9.17, 15) is 63.3 Å². The highest BCUT2D eigenvalue weighted by molar-refractivity contribution is 7.90. The number of imidazole rings is 2. The van der Waals surface area contributed by atoms with Crippen LogP contribution in [-0.2, 0) is 55.3 Å². The number of nitriles is 2. The number of benzene rings is 6. The first-order chi connectivity index (χ1) is 42.0. The van der Waals surface area contributed by atoms with Crippen LogP contribution in [0.25, 0.3) is 43.9 Å². The Morgan fingerprint density at radius 2 is 0.911 bits per heavy atom. The number of nitrogens with zero attached hydrogens (tertiary/aromatic N) is 8. The Balaban J connectivity index is 0.000000213. The maximum Gasteiger partial charge on any atom is 0.417 e. The lowest BCUT2D eigenvalue weighted by atomic mass is 9.95. The van der Waals surface area contributed by atoms with Gasteiger partial charge in [-0.25, -0.2) is 34.7 Å². The van der Waals surface area contributed by atoms with Gasteiger partial charge < -0.3 is 9.47 Å². The van der Waals surface area contributed by atoms with Crippen molar-refractivity contribution >= 4 is 91.6 Å². The number of alkyl halides is 6. The molecule has 0 aliphatic heterocycles. The summed E-state index contributed by atoms with van der Waals surface area (Å²) in [5, 5.41) is 18.5. The van der Waals surface area contributed by atoms with Crippen molar-refractivity contribution in [1.82, 2.24) is 27.0 Å². The van der Waals surface area contributed by atoms with E-state index < -0.39 is 82.4 Å². The van der Waals surface area contributed by atoms with Crippen LogP contribution in [0.1, 0.15) is 76.9 Å². The van der Waals surface area contributed by atoms with E-state index in [-0.39, 0.29) is 84.5 Å². The summed E-state index contributed by atoms with van der Waals surface area (Å²) in [5.41, 5.74) is -0.422. The van der Waals surface area contributed by atoms with Gasteiger partial charge in [-0.15, -0.1) is 0 Å². The lowest BCUT2D eigenvalue weighted by Gasteiger charge is -2.18. The van der Waals surface area contributed by atoms with E-state index in [1.54, 1.807) is 44.2 Å². The topological polar surface area (TPSA) is 214 Å². The van der Waals surface area contributed by atoms with Gasteiger partial charge in [0.25, 0.3) is 20.0 Å². The van der Waals surface area contributed by atoms with Crippen LogP contribution in [0.4, 0.5) is 26.3 Å². The molecule has 26 heteroatoms. The number of hydrogen-bond donors (Lipinski definition) is 0. The molecule has 0 amide bonds. The van der Waals surface area contributed by atoms with Crippen molar-refractivity contribution in [2.24, 2.45) is 0 Å². The van der Waals surface area contributed by atoms with E-state index in [4.69, 9.17) is 9.47 Å². The van der Waals surface area contributed by atoms with Gasteiger partial charge in [0.15, 0.2) is 11.6 Å². The second kappa shape index (κ2) is 24.7. The minimum absolute atomic E-state index is 0.0245. The summed E-state index contributed by atoms with van der Waals surface area (Å²) in [6.45, 7) is 19.8. The number of aromatic nitrogens is 6. The molecule has 6 aromatic carbocycles. The summed E-state index contributed by atoms with van der Waals surface area (Å²) >= 11 is 0. The summed E-state index contributed by atoms with van der Waals surface area (Å²) in [5.74, 6) is -2.75. The summed E-state index contributed by atoms with van der Waals surface area (Å²) in [6, 6.07) is 30.9. The van der Waals surface area contributed by atoms with Gasteiger partial charge in [-0.1, -0.05) is 74.7 Å². The van der Waals surface area contributed by atoms with Crippen molar-refractivity contribution in [3.8, 4) is 12.1 Å². The second-order valence-corrected chi connectivity index (χ2v) is 39.2. The second-order valence-electron chi connectivity index (χ2n) is 24.3. The summed E-state index contributed by atoms with van der Waals surface area (Å²) in [4.78, 5) is 37.3. The monoisotopic (exact) mass is 1300 g/mol. The fourth-order valence-corrected chi connectivity index (χ4v) is 14.6. The Morgan fingerprint density at radius 1 is 0.522 bits per heavy atom. The number of ketones is 2. The zero-order valence-electron chi connectivity index (χ0n) is 50.7. The van der Waals surface area contributed by atoms with Gasteiger partial charge in [0, 0.05) is 63.7 Å². The van der Waals surface area contributed by atoms with Gasteiger partial charge >= 0.3 is 12.4 Å². The first-order valence-corrected chi connectivity index (χ1v) is 38.5. The van der Waals surface area contributed by atoms with Crippen molar-refractivity contribution in [3.63, 3.8) is 0 Å². The average molecular weight is 1310 g/mol. The number of carbonyl (C=O) groups is 2. The third-order valence-electron chi connectivity index (χ3n) is 15.1. The standard InChI is InChI=1S/2C32H31F3N4O4SSi/c1-20-6-9-23(10-7-20)44(41,42)39-13-12-24-28(25(32(33,34)35)16-21(2)29(24)39)30(40)31-37-26-17-22(18-36)8-11-27(26)38(31)19-43-14-15-45(3,4)5;1-20-6-9-23(10-7-20)44(41,42)39-13-12-24-28(25(32(33,34)35)16-21(2)29(24)39)30(40)31-37-26-11-8-22(18-36)17-27(26)38(31)19-43-14-15-45(3,4)5/h2*6-13,16-17H,14-15,19H2,1-5H3. The molecule has 0 radical (unpaired) electrons. The Bertz CT molecular complexity index is 4630. The highest BCUT2D eigenvalue weighted by Crippen LogP contribution is 2.42. The number of fused-ring (bicyclic) bond motifs is 4. The molecule has 0 unspecified atom stereocenters. The molecular formula is C64H62F6N8O8S2Si2. The molecule has 4 aromatic heterocycles. The fourth-order valence-electron chi connectivity index (χ4n) is 10.3. The number of aryl methyl sites for hydroxylation is 4. The zero-order chi connectivity index (χ0) is 65.8. The lowest BCUT2D eigenvalue weighted by Crippen LogP contribution is -2.23. The van der Waals surface area contributed by atoms with E-state index in [0.717, 1.165) is 55.7 Å². The summed E-state index contributed by atoms with van der Waals surface area (Å²) in [6.07, 6.45) is -7.57. The molecule has 0 saturated carbocycles. The van der Waals surface area contributed by atoms with Gasteiger partial charge in [0.2, 0.25) is 11.6 Å². The highest BCUT2D eigenvalue weighted by Gasteiger charge is 2.41. The van der Waals surface area contributed by atoms with Gasteiger partial charge in [0.1, 0.15) is 13.5 Å². The molecule has 10 rings (SSSR count). The molecule has 10 aromatic rings. The van der Waals surface area contributed by atoms with Crippen LogP contribution in [-0.4, -0.2) is 84.8 Å². The van der Waals surface area contributed by atoms with Crippen molar-refractivity contribution in [2.75, 3.05) is 13.2 Å². The van der Waals surface area contributed by atoms with Gasteiger partial charge in [0.05, 0.1) is 77.3 Å². The molecule has 0 N–H and O–H groups in total. The third kappa shape index (κ3) is 13.4. The number of ether oxygens (including phenoxy) is 2. The average Bonchev–Trinajstić information content (AvgIpc) is 1.55. The van der Waals surface area contributed by atoms with Gasteiger partial charge in [-0.3, -0.25) is 18.7 Å². The molecule has 468 valence electrons. The van der Waals surface area contributed by atoms with Gasteiger partial charge in [-0.05, 0) is 136 Å². The third-order valence-corrected chi connectivity index (χ3v) is 21.9. The van der Waals surface area contributed by atoms with Crippen LogP contribution in [0.15, 0.2) is 131 Å². The van der Waals surface area contributed by atoms with E-state index >= 15 is 0 Å². The minimum atomic E-state index is -4.94. The Morgan fingerprint density at radius 3 is 1.31 bits per heavy atom. The predicted octanol–water partition coefficient (Wildman–Crippen LogP) is 14.6. The molecule has 0 aliphatic rings. The van der Waals surface area contributed by atoms with Crippen molar-refractivity contribution in [2.45, 2.75) is 115 Å². The van der Waals surface area contributed by atoms with E-state index in [2.05, 4.69) is 49.3 Å². The Kier molecular flexibility index (Phi) is 18.1. The van der Waals surface area contributed by atoms with Crippen LogP contribution in [0.2, 0.25) is 51.4 Å². The van der Waals surface area contributed by atoms with Crippen LogP contribution < -0.4 is 0 Å². The Hall–Kier alpha value is -8.51. The number of rotatable bonds is 18. The smallest absolute Gasteiger partial charge is 0.361 e. The van der Waals surface area contributed by atoms with E-state index in [0.29, 0.717) is 29.8 Å². The molecule has 4 heterocycles. The number of halogens is 6. The highest BCUT2D eigenvalue weighted by atomic mass is 32.2. The summed E-state index contributed by atoms with van der Waals surface area (Å²) in [7, 11) is -11.4. The molecule has 0 aliphatic carbocycles. The fraction of sp³-hybridized carbons (Fsp3) is 0.281. The maximum absolute atomic E-state index is 14.6. The molecule has 16 nitrogen and oxygen atoms in total. The minimum Gasteiger partial charge on any atom is -0.361 e. The largest absolute Gasteiger partial charge is 0.417 e. The first-order valence-electron chi connectivity index (χ1n) is 28.2. The van der Waals surface area contributed by atoms with E-state index in [1.165, 1.54) is 89.7 Å². The zero-order valence-corrected chi connectivity index (χ0v) is 54.4. The van der Waals surface area contributed by atoms with Crippen LogP contribution in [0.3, 0.4) is 0 Å². The SMILES string of the molecule is Cc1ccc(S(=O)(=O)n2ccc3c(C(=O)c4nc5cc(C#N)ccc5n4COCC[Si](C)(C)C)c(C(F)(F)F)cc(C)c32)cc1.Cc1ccc(S(=O)(=O)n2ccc3c(C(=O)c4nc5ccc(C#N)cc5n4COCC[Si](C)(C)C)c(C(F)(F)F)cc(C)c32)cc1. The molecule has 0 fully saturated rings. The van der Waals surface area contributed by atoms with E-state index in [1.807, 2.05) is 12.1 Å². The quantitative estimate of drug-likeness (QED) is 0.0339. The van der Waals surface area contributed by atoms with Crippen molar-refractivity contribution in [3.05, 3.63) is 189 Å². The maximum atomic E-state index is 14.6. The Labute approximate surface area is 517 Å². The molecule has 0 saturated heterocycles. The normalized spacial score (nSPS) is 12.6. The lowest BCUT2D eigenvalue weighted by molar-refractivity contribution is -0.138. The number of carbonyl (C=O) groups excluding carboxylic acids is 2. The summed E-state index contributed by atoms with van der Waals surface area (Å²) < 4.78 is 158. The van der Waals surface area contributed by atoms with Gasteiger partial charge in [-0.2, -0.15) is 36.9 Å². The van der Waals surface area contributed by atoms with Crippen LogP contribution in [0, 0.1) is 50.4 Å². The molecule has 0 spiro atoms. The first kappa shape index (κ1) is 65.9. The van der Waals surface area contributed by atoms with Crippen LogP contribution in [0.5, 0.6) is 0 Å². The van der Waals surface area contributed by atoms with Crippen LogP contribution >= 0.6 is 0 Å². The molecule has 90 heavy (non-hydrogen) atoms.